The lowest BCUT2D eigenvalue weighted by atomic mass is 9.87. The first kappa shape index (κ1) is 29.7. The molecule has 0 heterocycles. The number of ether oxygens (including phenoxy) is 2. The molecule has 2 aliphatic carbocycles. The van der Waals surface area contributed by atoms with Gasteiger partial charge in [0.15, 0.2) is 4.90 Å². The standard InChI is InChI=1S/C24H32N2O11S/c27-23(34-13-11-16-7-3-1-4-8-16)18-15-19(24(28)35-14-12-17-9-5-2-6-10-17)21(26(31)32)22(38-37-36-33)20(18)25(29)30/h15-17,33H,1-14H2/p-1. The molecule has 0 saturated heterocycles. The molecule has 0 N–H and O–H groups in total. The molecule has 2 saturated carbocycles. The maximum atomic E-state index is 12.9. The third kappa shape index (κ3) is 8.09. The molecular formula is C24H31N2O11S-. The maximum Gasteiger partial charge on any atom is 0.345 e. The molecular weight excluding hydrogens is 524 g/mol. The van der Waals surface area contributed by atoms with E-state index in [4.69, 9.17) is 9.47 Å². The van der Waals surface area contributed by atoms with E-state index < -0.39 is 49.2 Å². The van der Waals surface area contributed by atoms with Crippen molar-refractivity contribution in [3.8, 4) is 0 Å². The van der Waals surface area contributed by atoms with E-state index in [9.17, 15) is 35.1 Å². The van der Waals surface area contributed by atoms with E-state index in [1.54, 1.807) is 0 Å². The van der Waals surface area contributed by atoms with Crippen LogP contribution in [0.25, 0.3) is 0 Å². The molecule has 0 aromatic heterocycles. The molecule has 0 bridgehead atoms. The smallest absolute Gasteiger partial charge is 0.345 e. The van der Waals surface area contributed by atoms with Gasteiger partial charge in [-0.05, 0) is 30.7 Å². The molecule has 0 unspecified atom stereocenters. The van der Waals surface area contributed by atoms with Gasteiger partial charge in [0.2, 0.25) is 0 Å². The molecule has 1 aromatic carbocycles. The summed E-state index contributed by atoms with van der Waals surface area (Å²) in [4.78, 5) is 46.7. The summed E-state index contributed by atoms with van der Waals surface area (Å²) in [6.45, 7) is -0.0249. The van der Waals surface area contributed by atoms with Crippen LogP contribution in [0.15, 0.2) is 11.0 Å². The summed E-state index contributed by atoms with van der Waals surface area (Å²) < 4.78 is 14.7. The summed E-state index contributed by atoms with van der Waals surface area (Å²) in [6.07, 6.45) is 11.8. The van der Waals surface area contributed by atoms with Crippen LogP contribution in [-0.2, 0) is 18.8 Å². The van der Waals surface area contributed by atoms with Crippen molar-refractivity contribution in [2.75, 3.05) is 13.2 Å². The van der Waals surface area contributed by atoms with E-state index in [0.717, 1.165) is 70.3 Å². The topological polar surface area (TPSA) is 180 Å². The van der Waals surface area contributed by atoms with Crippen molar-refractivity contribution in [3.05, 3.63) is 37.4 Å². The van der Waals surface area contributed by atoms with Gasteiger partial charge in [-0.3, -0.25) is 25.3 Å². The molecule has 1 aromatic rings. The van der Waals surface area contributed by atoms with Gasteiger partial charge >= 0.3 is 23.3 Å². The summed E-state index contributed by atoms with van der Waals surface area (Å²) in [6, 6.07) is 0.740. The summed E-state index contributed by atoms with van der Waals surface area (Å²) in [5.74, 6) is -1.54. The second-order valence-corrected chi connectivity index (χ2v) is 10.3. The monoisotopic (exact) mass is 555 g/mol. The van der Waals surface area contributed by atoms with Gasteiger partial charge in [-0.15, -0.1) is 0 Å². The van der Waals surface area contributed by atoms with E-state index in [2.05, 4.69) is 9.37 Å². The van der Waals surface area contributed by atoms with Gasteiger partial charge in [-0.2, -0.15) is 4.33 Å². The molecule has 0 atom stereocenters. The Balaban J connectivity index is 1.88. The number of hydrogen-bond acceptors (Lipinski definition) is 12. The Morgan fingerprint density at radius 1 is 0.789 bits per heavy atom. The predicted molar refractivity (Wildman–Crippen MR) is 131 cm³/mol. The molecule has 14 heteroatoms. The van der Waals surface area contributed by atoms with Crippen molar-refractivity contribution in [2.45, 2.75) is 81.9 Å². The molecule has 2 fully saturated rings. The number of carbonyl (C=O) groups excluding carboxylic acids is 2. The molecule has 2 aliphatic rings. The second-order valence-electron chi connectivity index (χ2n) is 9.59. The van der Waals surface area contributed by atoms with Crippen molar-refractivity contribution in [1.29, 1.82) is 0 Å². The Bertz CT molecular complexity index is 935. The van der Waals surface area contributed by atoms with Crippen LogP contribution in [0, 0.1) is 32.1 Å². The van der Waals surface area contributed by atoms with Gasteiger partial charge in [-0.1, -0.05) is 64.2 Å². The predicted octanol–water partition coefficient (Wildman–Crippen LogP) is 4.99. The molecule has 210 valence electrons. The van der Waals surface area contributed by atoms with E-state index >= 15 is 0 Å². The number of nitrogens with zero attached hydrogens (tertiary/aromatic N) is 2. The molecule has 0 aliphatic heterocycles. The van der Waals surface area contributed by atoms with Crippen LogP contribution in [0.3, 0.4) is 0 Å². The van der Waals surface area contributed by atoms with Crippen molar-refractivity contribution < 1.29 is 43.5 Å². The Morgan fingerprint density at radius 2 is 1.21 bits per heavy atom. The molecule has 13 nitrogen and oxygen atoms in total. The van der Waals surface area contributed by atoms with Crippen LogP contribution in [0.4, 0.5) is 11.4 Å². The van der Waals surface area contributed by atoms with Crippen LogP contribution in [-0.4, -0.2) is 35.0 Å². The first-order valence-corrected chi connectivity index (χ1v) is 13.5. The number of nitro groups is 2. The van der Waals surface area contributed by atoms with Crippen molar-refractivity contribution in [1.82, 2.24) is 0 Å². The first-order chi connectivity index (χ1) is 18.3. The van der Waals surface area contributed by atoms with Gasteiger partial charge in [0.1, 0.15) is 11.1 Å². The lowest BCUT2D eigenvalue weighted by molar-refractivity contribution is -0.777. The average Bonchev–Trinajstić information content (AvgIpc) is 2.91. The van der Waals surface area contributed by atoms with E-state index in [0.29, 0.717) is 24.7 Å². The maximum absolute atomic E-state index is 12.9. The highest BCUT2D eigenvalue weighted by Crippen LogP contribution is 2.43. The highest BCUT2D eigenvalue weighted by molar-refractivity contribution is 7.94. The summed E-state index contributed by atoms with van der Waals surface area (Å²) >= 11 is -0.147. The molecule has 3 rings (SSSR count). The van der Waals surface area contributed by atoms with Gasteiger partial charge in [0, 0.05) is 0 Å². The Hall–Kier alpha value is -2.81. The zero-order valence-electron chi connectivity index (χ0n) is 20.9. The SMILES string of the molecule is O=C(OCCC1CCCCC1)c1cc(C(=O)OCCC2CCCCC2)c([N+](=O)[O-])c(SOO[O-])c1[N+](=O)[O-]. The van der Waals surface area contributed by atoms with E-state index in [-0.39, 0.29) is 25.3 Å². The van der Waals surface area contributed by atoms with Crippen LogP contribution >= 0.6 is 12.0 Å². The molecule has 0 spiro atoms. The number of nitro benzene ring substituents is 2. The van der Waals surface area contributed by atoms with Gasteiger partial charge < -0.3 is 14.7 Å². The van der Waals surface area contributed by atoms with Gasteiger partial charge in [0.05, 0.1) is 35.1 Å². The number of benzene rings is 1. The lowest BCUT2D eigenvalue weighted by Gasteiger charge is -2.21. The van der Waals surface area contributed by atoms with Gasteiger partial charge in [0.25, 0.3) is 0 Å². The minimum atomic E-state index is -1.14. The number of esters is 2. The number of carbonyl (C=O) groups is 2. The van der Waals surface area contributed by atoms with Crippen molar-refractivity contribution >= 4 is 35.4 Å². The van der Waals surface area contributed by atoms with E-state index in [1.165, 1.54) is 0 Å². The van der Waals surface area contributed by atoms with Crippen LogP contribution in [0.2, 0.25) is 0 Å². The lowest BCUT2D eigenvalue weighted by Crippen LogP contribution is -2.18. The summed E-state index contributed by atoms with van der Waals surface area (Å²) in [5, 5.41) is 37.4. The zero-order valence-corrected chi connectivity index (χ0v) is 21.7. The summed E-state index contributed by atoms with van der Waals surface area (Å²) in [7, 11) is 0. The third-order valence-electron chi connectivity index (χ3n) is 7.15. The Kier molecular flexibility index (Phi) is 11.7. The van der Waals surface area contributed by atoms with Crippen LogP contribution in [0.1, 0.15) is 97.8 Å². The normalized spacial score (nSPS) is 16.7. The van der Waals surface area contributed by atoms with Crippen LogP contribution in [0.5, 0.6) is 0 Å². The highest BCUT2D eigenvalue weighted by atomic mass is 32.2. The Labute approximate surface area is 223 Å². The number of rotatable bonds is 13. The minimum Gasteiger partial charge on any atom is -0.691 e. The molecule has 38 heavy (non-hydrogen) atoms. The van der Waals surface area contributed by atoms with Crippen LogP contribution < -0.4 is 5.26 Å². The largest absolute Gasteiger partial charge is 0.691 e. The molecule has 0 radical (unpaired) electrons. The van der Waals surface area contributed by atoms with Crippen molar-refractivity contribution in [3.63, 3.8) is 0 Å². The fourth-order valence-electron chi connectivity index (χ4n) is 5.18. The average molecular weight is 556 g/mol. The summed E-state index contributed by atoms with van der Waals surface area (Å²) in [5.41, 5.74) is -3.47. The quantitative estimate of drug-likeness (QED) is 0.105. The minimum absolute atomic E-state index is 0.0124. The molecule has 0 amide bonds. The highest BCUT2D eigenvalue weighted by Gasteiger charge is 2.40. The third-order valence-corrected chi connectivity index (χ3v) is 7.82. The van der Waals surface area contributed by atoms with Gasteiger partial charge in [-0.25, -0.2) is 9.59 Å². The second kappa shape index (κ2) is 15.0. The first-order valence-electron chi connectivity index (χ1n) is 12.8. The van der Waals surface area contributed by atoms with E-state index in [1.807, 2.05) is 0 Å². The Morgan fingerprint density at radius 3 is 1.58 bits per heavy atom. The van der Waals surface area contributed by atoms with Crippen molar-refractivity contribution in [2.24, 2.45) is 11.8 Å². The zero-order chi connectivity index (χ0) is 27.5. The fraction of sp³-hybridized carbons (Fsp3) is 0.667. The fourth-order valence-corrected chi connectivity index (χ4v) is 5.80. The number of hydrogen-bond donors (Lipinski definition) is 0.